The fourth-order valence-electron chi connectivity index (χ4n) is 1.84. The molecule has 0 atom stereocenters. The van der Waals surface area contributed by atoms with Crippen molar-refractivity contribution in [1.82, 2.24) is 0 Å². The third kappa shape index (κ3) is 2.99. The van der Waals surface area contributed by atoms with Gasteiger partial charge in [0.15, 0.2) is 6.29 Å². The molecule has 2 nitrogen and oxygen atoms in total. The third-order valence-electron chi connectivity index (χ3n) is 2.80. The molecule has 3 heteroatoms. The van der Waals surface area contributed by atoms with E-state index in [-0.39, 0.29) is 0 Å². The smallest absolute Gasteiger partial charge is 0.160 e. The van der Waals surface area contributed by atoms with Gasteiger partial charge in [0, 0.05) is 12.2 Å². The highest BCUT2D eigenvalue weighted by Gasteiger charge is 2.10. The Morgan fingerprint density at radius 3 is 2.56 bits per heavy atom. The maximum atomic E-state index is 10.8. The lowest BCUT2D eigenvalue weighted by atomic mass is 10.2. The molecule has 0 radical (unpaired) electrons. The number of benzene rings is 1. The lowest BCUT2D eigenvalue weighted by Crippen LogP contribution is -2.16. The minimum atomic E-state index is 0.780. The fourth-order valence-corrected chi connectivity index (χ4v) is 2.71. The van der Waals surface area contributed by atoms with Gasteiger partial charge in [-0.25, -0.2) is 0 Å². The van der Waals surface area contributed by atoms with Crippen LogP contribution in [0.3, 0.4) is 0 Å². The number of anilines is 2. The molecule has 1 aromatic carbocycles. The zero-order valence-corrected chi connectivity index (χ0v) is 11.3. The summed E-state index contributed by atoms with van der Waals surface area (Å²) >= 11 is 1.54. The normalized spacial score (nSPS) is 10.3. The van der Waals surface area contributed by atoms with Gasteiger partial charge in [-0.1, -0.05) is 31.5 Å². The zero-order chi connectivity index (χ0) is 12.8. The highest BCUT2D eigenvalue weighted by Crippen LogP contribution is 2.31. The number of hydrogen-bond donors (Lipinski definition) is 0. The Labute approximate surface area is 112 Å². The number of unbranched alkanes of at least 4 members (excludes halogenated alkanes) is 1. The predicted octanol–water partition coefficient (Wildman–Crippen LogP) is 4.50. The maximum absolute atomic E-state index is 10.8. The highest BCUT2D eigenvalue weighted by atomic mass is 32.1. The predicted molar refractivity (Wildman–Crippen MR) is 78.1 cm³/mol. The standard InChI is InChI=1S/C15H17NOS/c1-2-3-11-16(13-7-5-4-6-8-13)15-10-9-14(12-17)18-15/h4-10,12H,2-3,11H2,1H3. The molecule has 0 fully saturated rings. The number of rotatable bonds is 6. The Hall–Kier alpha value is -1.61. The number of carbonyl (C=O) groups excluding carboxylic acids is 1. The number of nitrogens with zero attached hydrogens (tertiary/aromatic N) is 1. The first-order chi connectivity index (χ1) is 8.85. The molecule has 94 valence electrons. The van der Waals surface area contributed by atoms with Gasteiger partial charge >= 0.3 is 0 Å². The molecule has 0 aliphatic heterocycles. The molecule has 0 N–H and O–H groups in total. The fraction of sp³-hybridized carbons (Fsp3) is 0.267. The van der Waals surface area contributed by atoms with E-state index < -0.39 is 0 Å². The van der Waals surface area contributed by atoms with Crippen LogP contribution in [-0.2, 0) is 0 Å². The molecule has 0 aliphatic carbocycles. The van der Waals surface area contributed by atoms with Crippen molar-refractivity contribution in [3.63, 3.8) is 0 Å². The number of hydrogen-bond acceptors (Lipinski definition) is 3. The maximum Gasteiger partial charge on any atom is 0.160 e. The van der Waals surface area contributed by atoms with E-state index in [1.165, 1.54) is 5.69 Å². The summed E-state index contributed by atoms with van der Waals surface area (Å²) in [5.41, 5.74) is 1.19. The van der Waals surface area contributed by atoms with Gasteiger partial charge in [0.1, 0.15) is 0 Å². The van der Waals surface area contributed by atoms with E-state index in [4.69, 9.17) is 0 Å². The van der Waals surface area contributed by atoms with Gasteiger partial charge in [0.25, 0.3) is 0 Å². The van der Waals surface area contributed by atoms with Crippen LogP contribution in [0.15, 0.2) is 42.5 Å². The van der Waals surface area contributed by atoms with Gasteiger partial charge in [0.05, 0.1) is 9.88 Å². The summed E-state index contributed by atoms with van der Waals surface area (Å²) in [4.78, 5) is 13.8. The van der Waals surface area contributed by atoms with Crippen molar-refractivity contribution >= 4 is 28.3 Å². The second-order valence-corrected chi connectivity index (χ2v) is 5.23. The van der Waals surface area contributed by atoms with E-state index in [9.17, 15) is 4.79 Å². The zero-order valence-electron chi connectivity index (χ0n) is 10.5. The van der Waals surface area contributed by atoms with Crippen LogP contribution in [0.1, 0.15) is 29.4 Å². The van der Waals surface area contributed by atoms with E-state index in [1.54, 1.807) is 11.3 Å². The highest BCUT2D eigenvalue weighted by molar-refractivity contribution is 7.17. The summed E-state index contributed by atoms with van der Waals surface area (Å²) < 4.78 is 0. The molecule has 0 unspecified atom stereocenters. The van der Waals surface area contributed by atoms with Crippen molar-refractivity contribution < 1.29 is 4.79 Å². The number of carbonyl (C=O) groups is 1. The quantitative estimate of drug-likeness (QED) is 0.712. The molecule has 0 amide bonds. The van der Waals surface area contributed by atoms with Gasteiger partial charge in [-0.05, 0) is 30.7 Å². The van der Waals surface area contributed by atoms with Crippen molar-refractivity contribution in [2.24, 2.45) is 0 Å². The average molecular weight is 259 g/mol. The molecule has 0 aliphatic rings. The van der Waals surface area contributed by atoms with Crippen molar-refractivity contribution in [2.45, 2.75) is 19.8 Å². The van der Waals surface area contributed by atoms with Gasteiger partial charge in [-0.15, -0.1) is 11.3 Å². The molecule has 1 aromatic heterocycles. The first-order valence-electron chi connectivity index (χ1n) is 6.22. The van der Waals surface area contributed by atoms with Gasteiger partial charge in [-0.3, -0.25) is 4.79 Å². The lowest BCUT2D eigenvalue weighted by Gasteiger charge is -2.22. The van der Waals surface area contributed by atoms with Crippen molar-refractivity contribution in [3.8, 4) is 0 Å². The SMILES string of the molecule is CCCCN(c1ccccc1)c1ccc(C=O)s1. The molecule has 1 heterocycles. The topological polar surface area (TPSA) is 20.3 Å². The van der Waals surface area contributed by atoms with E-state index >= 15 is 0 Å². The number of para-hydroxylation sites is 1. The Bertz CT molecular complexity index is 492. The van der Waals surface area contributed by atoms with Crippen LogP contribution < -0.4 is 4.90 Å². The molecule has 2 rings (SSSR count). The minimum absolute atomic E-state index is 0.780. The van der Waals surface area contributed by atoms with Crippen molar-refractivity contribution in [1.29, 1.82) is 0 Å². The third-order valence-corrected chi connectivity index (χ3v) is 3.83. The van der Waals surface area contributed by atoms with Gasteiger partial charge in [-0.2, -0.15) is 0 Å². The van der Waals surface area contributed by atoms with E-state index in [2.05, 4.69) is 24.0 Å². The van der Waals surface area contributed by atoms with Crippen LogP contribution >= 0.6 is 11.3 Å². The minimum Gasteiger partial charge on any atom is -0.333 e. The molecule has 0 spiro atoms. The van der Waals surface area contributed by atoms with Crippen LogP contribution in [-0.4, -0.2) is 12.8 Å². The summed E-state index contributed by atoms with van der Waals surface area (Å²) in [7, 11) is 0. The Balaban J connectivity index is 2.27. The van der Waals surface area contributed by atoms with Gasteiger partial charge < -0.3 is 4.90 Å². The molecule has 0 saturated heterocycles. The van der Waals surface area contributed by atoms with Crippen LogP contribution in [0.2, 0.25) is 0 Å². The van der Waals surface area contributed by atoms with Crippen LogP contribution in [0, 0.1) is 0 Å². The summed E-state index contributed by atoms with van der Waals surface area (Å²) in [6.45, 7) is 3.17. The average Bonchev–Trinajstić information content (AvgIpc) is 2.89. The van der Waals surface area contributed by atoms with Crippen molar-refractivity contribution in [2.75, 3.05) is 11.4 Å². The number of thiophene rings is 1. The molecular weight excluding hydrogens is 242 g/mol. The second kappa shape index (κ2) is 6.36. The van der Waals surface area contributed by atoms with E-state index in [1.807, 2.05) is 30.3 Å². The molecule has 0 bridgehead atoms. The summed E-state index contributed by atoms with van der Waals surface area (Å²) in [5.74, 6) is 0. The Morgan fingerprint density at radius 2 is 1.94 bits per heavy atom. The first kappa shape index (κ1) is 12.8. The van der Waals surface area contributed by atoms with Crippen LogP contribution in [0.25, 0.3) is 0 Å². The monoisotopic (exact) mass is 259 g/mol. The molecule has 0 saturated carbocycles. The molecule has 18 heavy (non-hydrogen) atoms. The summed E-state index contributed by atoms with van der Waals surface area (Å²) in [5, 5.41) is 1.14. The van der Waals surface area contributed by atoms with Crippen LogP contribution in [0.5, 0.6) is 0 Å². The van der Waals surface area contributed by atoms with Gasteiger partial charge in [0.2, 0.25) is 0 Å². The van der Waals surface area contributed by atoms with Crippen LogP contribution in [0.4, 0.5) is 10.7 Å². The summed E-state index contributed by atoms with van der Waals surface area (Å²) in [6.07, 6.45) is 3.22. The largest absolute Gasteiger partial charge is 0.333 e. The van der Waals surface area contributed by atoms with E-state index in [0.29, 0.717) is 0 Å². The molecule has 2 aromatic rings. The van der Waals surface area contributed by atoms with E-state index in [0.717, 1.165) is 35.6 Å². The van der Waals surface area contributed by atoms with Crippen molar-refractivity contribution in [3.05, 3.63) is 47.3 Å². The second-order valence-electron chi connectivity index (χ2n) is 4.13. The number of aldehydes is 1. The Kier molecular flexibility index (Phi) is 4.53. The Morgan fingerprint density at radius 1 is 1.17 bits per heavy atom. The molecular formula is C15H17NOS. The lowest BCUT2D eigenvalue weighted by molar-refractivity contribution is 0.112. The first-order valence-corrected chi connectivity index (χ1v) is 7.04. The summed E-state index contributed by atoms with van der Waals surface area (Å²) in [6, 6.07) is 14.2.